The van der Waals surface area contributed by atoms with E-state index in [-0.39, 0.29) is 18.9 Å². The Balaban J connectivity index is 1.79. The zero-order chi connectivity index (χ0) is 15.2. The molecule has 2 aromatic carbocycles. The van der Waals surface area contributed by atoms with Crippen molar-refractivity contribution in [2.75, 3.05) is 17.7 Å². The second-order valence-electron chi connectivity index (χ2n) is 4.34. The predicted molar refractivity (Wildman–Crippen MR) is 83.7 cm³/mol. The van der Waals surface area contributed by atoms with E-state index in [1.54, 1.807) is 30.3 Å². The zero-order valence-corrected chi connectivity index (χ0v) is 12.7. The maximum absolute atomic E-state index is 13.3. The van der Waals surface area contributed by atoms with Gasteiger partial charge in [-0.1, -0.05) is 0 Å². The lowest BCUT2D eigenvalue weighted by Gasteiger charge is -2.08. The molecule has 0 atom stereocenters. The molecule has 3 N–H and O–H groups in total. The first-order valence-electron chi connectivity index (χ1n) is 6.28. The Kier molecular flexibility index (Phi) is 5.16. The van der Waals surface area contributed by atoms with Crippen LogP contribution in [0.3, 0.4) is 0 Å². The van der Waals surface area contributed by atoms with Crippen LogP contribution in [0.5, 0.6) is 5.75 Å². The van der Waals surface area contributed by atoms with Crippen molar-refractivity contribution in [2.45, 2.75) is 6.42 Å². The van der Waals surface area contributed by atoms with E-state index in [0.717, 1.165) is 0 Å². The normalized spacial score (nSPS) is 10.2. The maximum Gasteiger partial charge on any atom is 0.227 e. The highest BCUT2D eigenvalue weighted by Crippen LogP contribution is 2.19. The van der Waals surface area contributed by atoms with Crippen LogP contribution in [0.2, 0.25) is 0 Å². The number of nitrogen functional groups attached to an aromatic ring is 1. The fourth-order valence-corrected chi connectivity index (χ4v) is 1.87. The van der Waals surface area contributed by atoms with Crippen LogP contribution < -0.4 is 15.8 Å². The summed E-state index contributed by atoms with van der Waals surface area (Å²) in [6, 6.07) is 11.3. The monoisotopic (exact) mass is 352 g/mol. The van der Waals surface area contributed by atoms with E-state index < -0.39 is 5.82 Å². The van der Waals surface area contributed by atoms with Gasteiger partial charge in [-0.2, -0.15) is 0 Å². The number of carbonyl (C=O) groups excluding carboxylic acids is 1. The Bertz CT molecular complexity index is 632. The van der Waals surface area contributed by atoms with Gasteiger partial charge in [0.25, 0.3) is 0 Å². The molecular formula is C15H14BrFN2O2. The van der Waals surface area contributed by atoms with Gasteiger partial charge < -0.3 is 15.8 Å². The molecule has 0 spiro atoms. The molecule has 110 valence electrons. The van der Waals surface area contributed by atoms with Crippen LogP contribution >= 0.6 is 15.9 Å². The molecule has 0 heterocycles. The molecule has 21 heavy (non-hydrogen) atoms. The summed E-state index contributed by atoms with van der Waals surface area (Å²) in [5.74, 6) is -0.0234. The molecule has 0 aliphatic rings. The molecule has 0 aliphatic heterocycles. The first-order chi connectivity index (χ1) is 10.0. The van der Waals surface area contributed by atoms with Gasteiger partial charge in [0, 0.05) is 11.4 Å². The molecule has 0 radical (unpaired) electrons. The summed E-state index contributed by atoms with van der Waals surface area (Å²) >= 11 is 3.05. The second kappa shape index (κ2) is 7.08. The van der Waals surface area contributed by atoms with E-state index in [9.17, 15) is 9.18 Å². The topological polar surface area (TPSA) is 64.3 Å². The van der Waals surface area contributed by atoms with Crippen molar-refractivity contribution in [3.05, 3.63) is 52.8 Å². The van der Waals surface area contributed by atoms with Crippen molar-refractivity contribution < 1.29 is 13.9 Å². The quantitative estimate of drug-likeness (QED) is 0.808. The fraction of sp³-hybridized carbons (Fsp3) is 0.133. The summed E-state index contributed by atoms with van der Waals surface area (Å²) in [4.78, 5) is 11.7. The van der Waals surface area contributed by atoms with Crippen molar-refractivity contribution in [1.82, 2.24) is 0 Å². The van der Waals surface area contributed by atoms with E-state index in [0.29, 0.717) is 21.6 Å². The highest BCUT2D eigenvalue weighted by Gasteiger charge is 2.05. The van der Waals surface area contributed by atoms with E-state index in [2.05, 4.69) is 21.2 Å². The number of amides is 1. The van der Waals surface area contributed by atoms with Gasteiger partial charge in [-0.25, -0.2) is 4.39 Å². The maximum atomic E-state index is 13.3. The van der Waals surface area contributed by atoms with Gasteiger partial charge in [-0.15, -0.1) is 0 Å². The molecule has 0 unspecified atom stereocenters. The molecule has 4 nitrogen and oxygen atoms in total. The van der Waals surface area contributed by atoms with Gasteiger partial charge in [0.2, 0.25) is 5.91 Å². The molecule has 2 aromatic rings. The summed E-state index contributed by atoms with van der Waals surface area (Å²) in [5.41, 5.74) is 6.62. The predicted octanol–water partition coefficient (Wildman–Crippen LogP) is 3.58. The summed E-state index contributed by atoms with van der Waals surface area (Å²) in [5, 5.41) is 2.61. The van der Waals surface area contributed by atoms with Crippen LogP contribution in [0.15, 0.2) is 46.9 Å². The van der Waals surface area contributed by atoms with Gasteiger partial charge in [0.15, 0.2) is 0 Å². The van der Waals surface area contributed by atoms with Crippen molar-refractivity contribution in [3.8, 4) is 5.75 Å². The first kappa shape index (κ1) is 15.3. The van der Waals surface area contributed by atoms with Crippen molar-refractivity contribution >= 4 is 33.2 Å². The number of anilines is 2. The molecular weight excluding hydrogens is 339 g/mol. The van der Waals surface area contributed by atoms with Crippen LogP contribution in [0.4, 0.5) is 15.8 Å². The molecule has 1 amide bonds. The molecule has 0 fully saturated rings. The Morgan fingerprint density at radius 1 is 1.24 bits per heavy atom. The highest BCUT2D eigenvalue weighted by atomic mass is 79.9. The Morgan fingerprint density at radius 2 is 1.95 bits per heavy atom. The number of nitrogens with two attached hydrogens (primary N) is 1. The summed E-state index contributed by atoms with van der Waals surface area (Å²) in [6.45, 7) is 0.231. The molecule has 0 saturated heterocycles. The average molecular weight is 353 g/mol. The van der Waals surface area contributed by atoms with Gasteiger partial charge in [-0.3, -0.25) is 4.79 Å². The minimum Gasteiger partial charge on any atom is -0.493 e. The number of ether oxygens (including phenoxy) is 1. The van der Waals surface area contributed by atoms with Crippen molar-refractivity contribution in [3.63, 3.8) is 0 Å². The van der Waals surface area contributed by atoms with Crippen LogP contribution in [-0.4, -0.2) is 12.5 Å². The van der Waals surface area contributed by atoms with Crippen molar-refractivity contribution in [2.24, 2.45) is 0 Å². The molecule has 0 bridgehead atoms. The summed E-state index contributed by atoms with van der Waals surface area (Å²) in [7, 11) is 0. The largest absolute Gasteiger partial charge is 0.493 e. The zero-order valence-electron chi connectivity index (χ0n) is 11.1. The molecule has 0 saturated carbocycles. The number of rotatable bonds is 5. The first-order valence-corrected chi connectivity index (χ1v) is 7.07. The van der Waals surface area contributed by atoms with E-state index in [1.165, 1.54) is 12.1 Å². The van der Waals surface area contributed by atoms with Crippen LogP contribution in [0, 0.1) is 5.82 Å². The molecule has 0 aliphatic carbocycles. The number of halogens is 2. The van der Waals surface area contributed by atoms with Crippen LogP contribution in [0.1, 0.15) is 6.42 Å². The smallest absolute Gasteiger partial charge is 0.227 e. The van der Waals surface area contributed by atoms with Gasteiger partial charge in [0.1, 0.15) is 11.6 Å². The number of hydrogen-bond acceptors (Lipinski definition) is 3. The van der Waals surface area contributed by atoms with Gasteiger partial charge >= 0.3 is 0 Å². The Hall–Kier alpha value is -2.08. The molecule has 6 heteroatoms. The van der Waals surface area contributed by atoms with E-state index in [4.69, 9.17) is 10.5 Å². The number of hydrogen-bond donors (Lipinski definition) is 2. The lowest BCUT2D eigenvalue weighted by Crippen LogP contribution is -2.15. The third-order valence-electron chi connectivity index (χ3n) is 2.68. The van der Waals surface area contributed by atoms with Crippen molar-refractivity contribution in [1.29, 1.82) is 0 Å². The standard InChI is InChI=1S/C15H14BrFN2O2/c16-13-6-3-11(9-14(13)17)19-15(20)7-8-21-12-4-1-10(18)2-5-12/h1-6,9H,7-8,18H2,(H,19,20). The third kappa shape index (κ3) is 4.75. The number of nitrogens with one attached hydrogen (secondary N) is 1. The molecule has 2 rings (SSSR count). The van der Waals surface area contributed by atoms with Crippen LogP contribution in [0.25, 0.3) is 0 Å². The fourth-order valence-electron chi connectivity index (χ4n) is 1.62. The average Bonchev–Trinajstić information content (AvgIpc) is 2.45. The van der Waals surface area contributed by atoms with Crippen LogP contribution in [-0.2, 0) is 4.79 Å². The minimum absolute atomic E-state index is 0.169. The number of carbonyl (C=O) groups is 1. The highest BCUT2D eigenvalue weighted by molar-refractivity contribution is 9.10. The SMILES string of the molecule is Nc1ccc(OCCC(=O)Nc2ccc(Br)c(F)c2)cc1. The van der Waals surface area contributed by atoms with Gasteiger partial charge in [0.05, 0.1) is 17.5 Å². The van der Waals surface area contributed by atoms with Gasteiger partial charge in [-0.05, 0) is 58.4 Å². The van der Waals surface area contributed by atoms with E-state index >= 15 is 0 Å². The lowest BCUT2D eigenvalue weighted by atomic mass is 10.3. The Labute approximate surface area is 130 Å². The second-order valence-corrected chi connectivity index (χ2v) is 5.20. The van der Waals surface area contributed by atoms with E-state index in [1.807, 2.05) is 0 Å². The third-order valence-corrected chi connectivity index (χ3v) is 3.32. The lowest BCUT2D eigenvalue weighted by molar-refractivity contribution is -0.116. The minimum atomic E-state index is -0.425. The summed E-state index contributed by atoms with van der Waals surface area (Å²) in [6.07, 6.45) is 0.169. The number of benzene rings is 2. The molecule has 0 aromatic heterocycles. The Morgan fingerprint density at radius 3 is 2.62 bits per heavy atom. The summed E-state index contributed by atoms with van der Waals surface area (Å²) < 4.78 is 19.1.